The van der Waals surface area contributed by atoms with Crippen LogP contribution in [0.25, 0.3) is 11.4 Å². The molecule has 0 unspecified atom stereocenters. The van der Waals surface area contributed by atoms with Crippen molar-refractivity contribution in [2.24, 2.45) is 0 Å². The molecule has 2 heterocycles. The van der Waals surface area contributed by atoms with Crippen LogP contribution in [0.3, 0.4) is 0 Å². The van der Waals surface area contributed by atoms with Gasteiger partial charge in [0.1, 0.15) is 10.8 Å². The van der Waals surface area contributed by atoms with E-state index in [2.05, 4.69) is 27.2 Å². The van der Waals surface area contributed by atoms with E-state index >= 15 is 0 Å². The minimum absolute atomic E-state index is 0.0502. The second-order valence-corrected chi connectivity index (χ2v) is 6.85. The van der Waals surface area contributed by atoms with Gasteiger partial charge in [-0.25, -0.2) is 15.0 Å². The molecular formula is C18H19N5O2S. The Balaban J connectivity index is 1.82. The maximum Gasteiger partial charge on any atom is 0.269 e. The Bertz CT molecular complexity index is 908. The van der Waals surface area contributed by atoms with E-state index in [1.54, 1.807) is 23.5 Å². The molecule has 8 heteroatoms. The van der Waals surface area contributed by atoms with Crippen molar-refractivity contribution < 1.29 is 4.92 Å². The van der Waals surface area contributed by atoms with Gasteiger partial charge >= 0.3 is 0 Å². The minimum atomic E-state index is -0.418. The smallest absolute Gasteiger partial charge is 0.269 e. The maximum atomic E-state index is 10.8. The first-order valence-electron chi connectivity index (χ1n) is 8.39. The molecule has 1 aromatic carbocycles. The van der Waals surface area contributed by atoms with Crippen molar-refractivity contribution in [2.45, 2.75) is 33.2 Å². The molecule has 0 bridgehead atoms. The van der Waals surface area contributed by atoms with E-state index in [9.17, 15) is 10.1 Å². The molecular weight excluding hydrogens is 350 g/mol. The van der Waals surface area contributed by atoms with Gasteiger partial charge in [0.15, 0.2) is 5.82 Å². The number of aromatic nitrogens is 3. The summed E-state index contributed by atoms with van der Waals surface area (Å²) in [4.78, 5) is 25.1. The number of nitrogens with one attached hydrogen (secondary N) is 1. The lowest BCUT2D eigenvalue weighted by Crippen LogP contribution is -2.04. The second-order valence-electron chi connectivity index (χ2n) is 5.65. The number of rotatable bonds is 7. The number of hydrogen-bond acceptors (Lipinski definition) is 7. The molecule has 3 aromatic rings. The van der Waals surface area contributed by atoms with Gasteiger partial charge in [-0.05, 0) is 25.0 Å². The molecule has 0 aliphatic heterocycles. The maximum absolute atomic E-state index is 10.8. The van der Waals surface area contributed by atoms with E-state index in [0.29, 0.717) is 12.4 Å². The first-order chi connectivity index (χ1) is 12.6. The van der Waals surface area contributed by atoms with E-state index in [-0.39, 0.29) is 5.69 Å². The summed E-state index contributed by atoms with van der Waals surface area (Å²) < 4.78 is 0. The molecule has 0 spiro atoms. The summed E-state index contributed by atoms with van der Waals surface area (Å²) in [6.07, 6.45) is 3.66. The predicted molar refractivity (Wildman–Crippen MR) is 102 cm³/mol. The molecule has 0 fully saturated rings. The number of nitro benzene ring substituents is 1. The fourth-order valence-electron chi connectivity index (χ4n) is 2.39. The highest BCUT2D eigenvalue weighted by Crippen LogP contribution is 2.22. The number of hydrogen-bond donors (Lipinski definition) is 1. The minimum Gasteiger partial charge on any atom is -0.363 e. The number of non-ortho nitro benzene ring substituents is 1. The monoisotopic (exact) mass is 369 g/mol. The first-order valence-corrected chi connectivity index (χ1v) is 9.21. The van der Waals surface area contributed by atoms with Crippen LogP contribution in [0, 0.1) is 10.1 Å². The predicted octanol–water partition coefficient (Wildman–Crippen LogP) is 4.25. The molecule has 0 atom stereocenters. The van der Waals surface area contributed by atoms with Gasteiger partial charge in [0.25, 0.3) is 5.69 Å². The topological polar surface area (TPSA) is 93.8 Å². The van der Waals surface area contributed by atoms with Crippen molar-refractivity contribution in [3.8, 4) is 11.4 Å². The van der Waals surface area contributed by atoms with Gasteiger partial charge in [-0.2, -0.15) is 0 Å². The molecule has 0 aliphatic carbocycles. The number of nitrogens with zero attached hydrogens (tertiary/aromatic N) is 4. The molecule has 134 valence electrons. The van der Waals surface area contributed by atoms with Crippen LogP contribution in [0.5, 0.6) is 0 Å². The first kappa shape index (κ1) is 17.9. The van der Waals surface area contributed by atoms with Crippen molar-refractivity contribution in [1.82, 2.24) is 15.0 Å². The van der Waals surface area contributed by atoms with Crippen LogP contribution in [0.4, 0.5) is 11.5 Å². The highest BCUT2D eigenvalue weighted by molar-refractivity contribution is 7.11. The molecule has 7 nitrogen and oxygen atoms in total. The van der Waals surface area contributed by atoms with Crippen molar-refractivity contribution in [2.75, 3.05) is 5.32 Å². The zero-order valence-electron chi connectivity index (χ0n) is 14.6. The Morgan fingerprint density at radius 3 is 2.54 bits per heavy atom. The van der Waals surface area contributed by atoms with Crippen LogP contribution < -0.4 is 5.32 Å². The number of nitro groups is 1. The summed E-state index contributed by atoms with van der Waals surface area (Å²) in [5, 5.41) is 15.1. The van der Waals surface area contributed by atoms with E-state index in [1.165, 1.54) is 17.0 Å². The molecule has 0 saturated carbocycles. The van der Waals surface area contributed by atoms with E-state index in [4.69, 9.17) is 0 Å². The van der Waals surface area contributed by atoms with Crippen molar-refractivity contribution in [3.63, 3.8) is 0 Å². The molecule has 0 aliphatic rings. The molecule has 0 saturated heterocycles. The Morgan fingerprint density at radius 2 is 1.92 bits per heavy atom. The van der Waals surface area contributed by atoms with Crippen molar-refractivity contribution in [3.05, 3.63) is 62.2 Å². The lowest BCUT2D eigenvalue weighted by Gasteiger charge is -2.08. The van der Waals surface area contributed by atoms with Crippen LogP contribution in [0.15, 0.2) is 36.5 Å². The summed E-state index contributed by atoms with van der Waals surface area (Å²) in [5.41, 5.74) is 1.70. The summed E-state index contributed by atoms with van der Waals surface area (Å²) >= 11 is 1.69. The highest BCUT2D eigenvalue weighted by Gasteiger charge is 2.10. The molecule has 1 N–H and O–H groups in total. The quantitative estimate of drug-likeness (QED) is 0.494. The normalized spacial score (nSPS) is 10.7. The summed E-state index contributed by atoms with van der Waals surface area (Å²) in [7, 11) is 0. The van der Waals surface area contributed by atoms with Crippen molar-refractivity contribution >= 4 is 22.8 Å². The number of aryl methyl sites for hydroxylation is 2. The average Bonchev–Trinajstić information content (AvgIpc) is 3.14. The van der Waals surface area contributed by atoms with Crippen LogP contribution in [-0.2, 0) is 19.4 Å². The third-order valence-corrected chi connectivity index (χ3v) is 4.99. The Hall–Kier alpha value is -2.87. The number of anilines is 1. The van der Waals surface area contributed by atoms with Crippen LogP contribution >= 0.6 is 11.3 Å². The lowest BCUT2D eigenvalue weighted by atomic mass is 10.2. The van der Waals surface area contributed by atoms with Gasteiger partial charge in [0, 0.05) is 40.5 Å². The highest BCUT2D eigenvalue weighted by atomic mass is 32.1. The SMILES string of the molecule is CCc1cc(NCc2ncc(CC)s2)nc(-c2ccc([N+](=O)[O-])cc2)n1. The molecule has 0 amide bonds. The standard InChI is InChI=1S/C18H19N5O2S/c1-3-13-9-16(19-11-17-20-10-15(4-2)26-17)22-18(21-13)12-5-7-14(8-6-12)23(24)25/h5-10H,3-4,11H2,1-2H3,(H,19,21,22). The zero-order valence-corrected chi connectivity index (χ0v) is 15.4. The molecule has 3 rings (SSSR count). The third kappa shape index (κ3) is 4.20. The average molecular weight is 369 g/mol. The fourth-order valence-corrected chi connectivity index (χ4v) is 3.19. The van der Waals surface area contributed by atoms with E-state index in [0.717, 1.165) is 34.9 Å². The van der Waals surface area contributed by atoms with E-state index < -0.39 is 4.92 Å². The summed E-state index contributed by atoms with van der Waals surface area (Å²) in [6, 6.07) is 8.19. The van der Waals surface area contributed by atoms with Gasteiger partial charge in [-0.1, -0.05) is 13.8 Å². The van der Waals surface area contributed by atoms with Crippen molar-refractivity contribution in [1.29, 1.82) is 0 Å². The fraction of sp³-hybridized carbons (Fsp3) is 0.278. The summed E-state index contributed by atoms with van der Waals surface area (Å²) in [6.45, 7) is 4.74. The number of thiazole rings is 1. The van der Waals surface area contributed by atoms with Gasteiger partial charge in [-0.15, -0.1) is 11.3 Å². The summed E-state index contributed by atoms with van der Waals surface area (Å²) in [5.74, 6) is 1.27. The molecule has 0 radical (unpaired) electrons. The van der Waals surface area contributed by atoms with Gasteiger partial charge in [0.2, 0.25) is 0 Å². The second kappa shape index (κ2) is 8.01. The van der Waals surface area contributed by atoms with Gasteiger partial charge in [-0.3, -0.25) is 10.1 Å². The van der Waals surface area contributed by atoms with E-state index in [1.807, 2.05) is 19.2 Å². The molecule has 26 heavy (non-hydrogen) atoms. The van der Waals surface area contributed by atoms with Gasteiger partial charge in [0.05, 0.1) is 11.5 Å². The van der Waals surface area contributed by atoms with Crippen LogP contribution in [0.1, 0.15) is 29.4 Å². The Morgan fingerprint density at radius 1 is 1.15 bits per heavy atom. The third-order valence-electron chi connectivity index (χ3n) is 3.85. The Kier molecular flexibility index (Phi) is 5.52. The van der Waals surface area contributed by atoms with Crippen LogP contribution in [0.2, 0.25) is 0 Å². The Labute approximate surface area is 155 Å². The number of benzene rings is 1. The van der Waals surface area contributed by atoms with Crippen LogP contribution in [-0.4, -0.2) is 19.9 Å². The zero-order chi connectivity index (χ0) is 18.5. The lowest BCUT2D eigenvalue weighted by molar-refractivity contribution is -0.384. The van der Waals surface area contributed by atoms with Gasteiger partial charge < -0.3 is 5.32 Å². The molecule has 2 aromatic heterocycles. The largest absolute Gasteiger partial charge is 0.363 e.